The highest BCUT2D eigenvalue weighted by atomic mass is 79.9. The fourth-order valence-corrected chi connectivity index (χ4v) is 5.10. The van der Waals surface area contributed by atoms with Crippen molar-refractivity contribution in [3.63, 3.8) is 0 Å². The van der Waals surface area contributed by atoms with Gasteiger partial charge < -0.3 is 4.57 Å². The predicted octanol–water partition coefficient (Wildman–Crippen LogP) is 5.21. The standard InChI is InChI=1S/C15H7BrCl2N2OS2/c1-2-5-20-13-9(18)6-8(17)7-11(13)23-15(20)19-14(21)10-3-4-12(16)22-10/h1,3-4,6-7H,5H2. The third-order valence-electron chi connectivity index (χ3n) is 2.93. The molecule has 0 aliphatic rings. The van der Waals surface area contributed by atoms with Crippen LogP contribution in [0.5, 0.6) is 0 Å². The van der Waals surface area contributed by atoms with Crippen LogP contribution in [0.1, 0.15) is 9.67 Å². The number of thiazole rings is 1. The Hall–Kier alpha value is -1.10. The topological polar surface area (TPSA) is 34.4 Å². The molecule has 0 fully saturated rings. The van der Waals surface area contributed by atoms with Gasteiger partial charge in [0.2, 0.25) is 0 Å². The van der Waals surface area contributed by atoms with E-state index in [9.17, 15) is 4.79 Å². The molecule has 0 radical (unpaired) electrons. The Morgan fingerprint density at radius 1 is 1.35 bits per heavy atom. The molecule has 8 heteroatoms. The van der Waals surface area contributed by atoms with Crippen molar-refractivity contribution >= 4 is 77.9 Å². The van der Waals surface area contributed by atoms with Gasteiger partial charge in [0.15, 0.2) is 4.80 Å². The van der Waals surface area contributed by atoms with Crippen LogP contribution in [0, 0.1) is 12.3 Å². The molecule has 3 nitrogen and oxygen atoms in total. The number of amides is 1. The Kier molecular flexibility index (Phi) is 4.95. The minimum absolute atomic E-state index is 0.265. The highest BCUT2D eigenvalue weighted by Crippen LogP contribution is 2.30. The van der Waals surface area contributed by atoms with Gasteiger partial charge in [0.05, 0.1) is 30.4 Å². The van der Waals surface area contributed by atoms with Gasteiger partial charge in [-0.25, -0.2) is 0 Å². The van der Waals surface area contributed by atoms with E-state index in [2.05, 4.69) is 26.8 Å². The van der Waals surface area contributed by atoms with Crippen LogP contribution >= 0.6 is 61.8 Å². The molecule has 0 saturated heterocycles. The monoisotopic (exact) mass is 444 g/mol. The van der Waals surface area contributed by atoms with Crippen LogP contribution in [-0.4, -0.2) is 10.5 Å². The first-order valence-corrected chi connectivity index (χ1v) is 9.44. The molecule has 116 valence electrons. The van der Waals surface area contributed by atoms with Gasteiger partial charge in [0.25, 0.3) is 5.91 Å². The average molecular weight is 446 g/mol. The van der Waals surface area contributed by atoms with Gasteiger partial charge in [-0.3, -0.25) is 4.79 Å². The van der Waals surface area contributed by atoms with E-state index < -0.39 is 0 Å². The lowest BCUT2D eigenvalue weighted by atomic mass is 10.3. The number of rotatable bonds is 2. The second-order valence-electron chi connectivity index (χ2n) is 4.43. The Labute approximate surface area is 158 Å². The van der Waals surface area contributed by atoms with E-state index in [0.29, 0.717) is 19.7 Å². The smallest absolute Gasteiger partial charge is 0.289 e. The summed E-state index contributed by atoms with van der Waals surface area (Å²) >= 11 is 18.3. The van der Waals surface area contributed by atoms with Crippen molar-refractivity contribution in [2.45, 2.75) is 6.54 Å². The lowest BCUT2D eigenvalue weighted by Crippen LogP contribution is -2.16. The van der Waals surface area contributed by atoms with Crippen molar-refractivity contribution in [1.82, 2.24) is 4.57 Å². The lowest BCUT2D eigenvalue weighted by molar-refractivity contribution is 0.100. The Balaban J connectivity index is 2.22. The highest BCUT2D eigenvalue weighted by molar-refractivity contribution is 9.11. The molecule has 0 aliphatic carbocycles. The fourth-order valence-electron chi connectivity index (χ4n) is 2.02. The van der Waals surface area contributed by atoms with E-state index in [4.69, 9.17) is 29.6 Å². The number of carbonyl (C=O) groups is 1. The van der Waals surface area contributed by atoms with Crippen LogP contribution < -0.4 is 4.80 Å². The lowest BCUT2D eigenvalue weighted by Gasteiger charge is -2.02. The molecule has 3 rings (SSSR count). The summed E-state index contributed by atoms with van der Waals surface area (Å²) in [4.78, 5) is 17.6. The number of aromatic nitrogens is 1. The van der Waals surface area contributed by atoms with Crippen LogP contribution in [-0.2, 0) is 6.54 Å². The van der Waals surface area contributed by atoms with Crippen molar-refractivity contribution in [3.05, 3.63) is 47.8 Å². The Morgan fingerprint density at radius 3 is 2.78 bits per heavy atom. The number of hydrogen-bond donors (Lipinski definition) is 0. The molecular weight excluding hydrogens is 439 g/mol. The van der Waals surface area contributed by atoms with Crippen molar-refractivity contribution in [2.24, 2.45) is 4.99 Å². The molecule has 0 saturated carbocycles. The van der Waals surface area contributed by atoms with Crippen molar-refractivity contribution < 1.29 is 4.79 Å². The fraction of sp³-hybridized carbons (Fsp3) is 0.0667. The van der Waals surface area contributed by atoms with Gasteiger partial charge in [0.1, 0.15) is 0 Å². The molecule has 1 aromatic carbocycles. The molecule has 0 atom stereocenters. The second-order valence-corrected chi connectivity index (χ2v) is 8.75. The van der Waals surface area contributed by atoms with E-state index in [1.807, 2.05) is 6.07 Å². The average Bonchev–Trinajstić information content (AvgIpc) is 3.04. The van der Waals surface area contributed by atoms with Gasteiger partial charge in [0, 0.05) is 5.02 Å². The van der Waals surface area contributed by atoms with Gasteiger partial charge in [-0.15, -0.1) is 17.8 Å². The van der Waals surface area contributed by atoms with Gasteiger partial charge in [-0.05, 0) is 40.2 Å². The number of fused-ring (bicyclic) bond motifs is 1. The molecule has 0 bridgehead atoms. The molecule has 3 aromatic rings. The SMILES string of the molecule is C#CCn1c(=NC(=O)c2ccc(Br)s2)sc2cc(Cl)cc(Cl)c21. The minimum atomic E-state index is -0.319. The zero-order valence-corrected chi connectivity index (χ0v) is 16.1. The normalized spacial score (nSPS) is 11.8. The first kappa shape index (κ1) is 16.7. The molecule has 2 heterocycles. The van der Waals surface area contributed by atoms with Crippen molar-refractivity contribution in [2.75, 3.05) is 0 Å². The zero-order chi connectivity index (χ0) is 16.6. The number of halogens is 3. The summed E-state index contributed by atoms with van der Waals surface area (Å²) in [6, 6.07) is 6.96. The third kappa shape index (κ3) is 3.39. The summed E-state index contributed by atoms with van der Waals surface area (Å²) in [5, 5.41) is 1.00. The molecule has 1 amide bonds. The van der Waals surface area contributed by atoms with Crippen LogP contribution in [0.2, 0.25) is 10.0 Å². The van der Waals surface area contributed by atoms with Crippen LogP contribution in [0.25, 0.3) is 10.2 Å². The summed E-state index contributed by atoms with van der Waals surface area (Å²) in [5.41, 5.74) is 0.734. The van der Waals surface area contributed by atoms with Crippen LogP contribution in [0.3, 0.4) is 0 Å². The third-order valence-corrected chi connectivity index (χ3v) is 6.07. The van der Waals surface area contributed by atoms with Crippen LogP contribution in [0.4, 0.5) is 0 Å². The van der Waals surface area contributed by atoms with E-state index in [0.717, 1.165) is 14.0 Å². The molecular formula is C15H7BrCl2N2OS2. The van der Waals surface area contributed by atoms with Crippen molar-refractivity contribution in [1.29, 1.82) is 0 Å². The first-order valence-electron chi connectivity index (χ1n) is 6.26. The largest absolute Gasteiger partial charge is 0.303 e. The Bertz CT molecular complexity index is 1030. The first-order chi connectivity index (χ1) is 11.0. The van der Waals surface area contributed by atoms with Crippen molar-refractivity contribution in [3.8, 4) is 12.3 Å². The highest BCUT2D eigenvalue weighted by Gasteiger charge is 2.13. The molecule has 0 spiro atoms. The molecule has 0 aliphatic heterocycles. The van der Waals surface area contributed by atoms with Gasteiger partial charge in [-0.1, -0.05) is 40.5 Å². The zero-order valence-electron chi connectivity index (χ0n) is 11.3. The second kappa shape index (κ2) is 6.80. The van der Waals surface area contributed by atoms with E-state index >= 15 is 0 Å². The minimum Gasteiger partial charge on any atom is -0.303 e. The maximum absolute atomic E-state index is 12.3. The van der Waals surface area contributed by atoms with Gasteiger partial charge >= 0.3 is 0 Å². The number of hydrogen-bond acceptors (Lipinski definition) is 3. The summed E-state index contributed by atoms with van der Waals surface area (Å²) < 4.78 is 3.45. The summed E-state index contributed by atoms with van der Waals surface area (Å²) in [7, 11) is 0. The summed E-state index contributed by atoms with van der Waals surface area (Å²) in [5.74, 6) is 2.24. The maximum atomic E-state index is 12.3. The van der Waals surface area contributed by atoms with E-state index in [-0.39, 0.29) is 12.5 Å². The molecule has 0 N–H and O–H groups in total. The van der Waals surface area contributed by atoms with Crippen LogP contribution in [0.15, 0.2) is 33.0 Å². The quantitative estimate of drug-likeness (QED) is 0.498. The number of benzene rings is 1. The molecule has 0 unspecified atom stereocenters. The Morgan fingerprint density at radius 2 is 2.13 bits per heavy atom. The number of terminal acetylenes is 1. The van der Waals surface area contributed by atoms with E-state index in [1.165, 1.54) is 22.7 Å². The molecule has 2 aromatic heterocycles. The number of nitrogens with zero attached hydrogens (tertiary/aromatic N) is 2. The summed E-state index contributed by atoms with van der Waals surface area (Å²) in [6.45, 7) is 0.265. The maximum Gasteiger partial charge on any atom is 0.289 e. The summed E-state index contributed by atoms with van der Waals surface area (Å²) in [6.07, 6.45) is 5.44. The number of thiophene rings is 1. The number of carbonyl (C=O) groups excluding carboxylic acids is 1. The van der Waals surface area contributed by atoms with Gasteiger partial charge in [-0.2, -0.15) is 4.99 Å². The van der Waals surface area contributed by atoms with E-state index in [1.54, 1.807) is 22.8 Å². The predicted molar refractivity (Wildman–Crippen MR) is 101 cm³/mol. The molecule has 23 heavy (non-hydrogen) atoms.